The van der Waals surface area contributed by atoms with Gasteiger partial charge in [-0.1, -0.05) is 41.9 Å². The van der Waals surface area contributed by atoms with Crippen LogP contribution >= 0.6 is 15.9 Å². The fourth-order valence-electron chi connectivity index (χ4n) is 2.66. The third-order valence-corrected chi connectivity index (χ3v) is 4.83. The lowest BCUT2D eigenvalue weighted by Crippen LogP contribution is -2.23. The molecule has 0 aliphatic carbocycles. The fraction of sp³-hybridized carbons (Fsp3) is 0.211. The Hall–Kier alpha value is -2.87. The minimum absolute atomic E-state index is 0.00587. The molecule has 0 aliphatic heterocycles. The number of para-hydroxylation sites is 1. The zero-order chi connectivity index (χ0) is 19.6. The van der Waals surface area contributed by atoms with Crippen LogP contribution in [0.4, 0.5) is 5.69 Å². The molecule has 1 aromatic heterocycles. The number of aromatic nitrogens is 2. The summed E-state index contributed by atoms with van der Waals surface area (Å²) in [5.41, 5.74) is 0.525. The molecule has 3 rings (SSSR count). The van der Waals surface area contributed by atoms with E-state index in [4.69, 9.17) is 0 Å². The van der Waals surface area contributed by atoms with Gasteiger partial charge in [0, 0.05) is 16.5 Å². The highest BCUT2D eigenvalue weighted by Crippen LogP contribution is 2.21. The van der Waals surface area contributed by atoms with E-state index in [1.165, 1.54) is 17.0 Å². The second-order valence-electron chi connectivity index (χ2n) is 6.12. The van der Waals surface area contributed by atoms with Gasteiger partial charge in [-0.25, -0.2) is 4.98 Å². The summed E-state index contributed by atoms with van der Waals surface area (Å²) in [6, 6.07) is 11.6. The van der Waals surface area contributed by atoms with E-state index < -0.39 is 4.92 Å². The second kappa shape index (κ2) is 7.79. The minimum atomic E-state index is -0.477. The lowest BCUT2D eigenvalue weighted by atomic mass is 10.1. The first-order chi connectivity index (χ1) is 12.9. The Morgan fingerprint density at radius 1 is 1.33 bits per heavy atom. The van der Waals surface area contributed by atoms with Crippen LogP contribution in [-0.4, -0.2) is 20.8 Å². The van der Waals surface area contributed by atoms with Crippen molar-refractivity contribution < 1.29 is 4.92 Å². The molecule has 0 unspecified atom stereocenters. The van der Waals surface area contributed by atoms with E-state index in [-0.39, 0.29) is 17.2 Å². The molecule has 0 N–H and O–H groups in total. The molecule has 0 fully saturated rings. The predicted octanol–water partition coefficient (Wildman–Crippen LogP) is 4.46. The van der Waals surface area contributed by atoms with Crippen molar-refractivity contribution in [2.75, 3.05) is 0 Å². The predicted molar refractivity (Wildman–Crippen MR) is 108 cm³/mol. The van der Waals surface area contributed by atoms with Gasteiger partial charge in [-0.15, -0.1) is 0 Å². The Labute approximate surface area is 163 Å². The largest absolute Gasteiger partial charge is 0.282 e. The number of nitrogens with zero attached hydrogens (tertiary/aromatic N) is 4. The van der Waals surface area contributed by atoms with Gasteiger partial charge in [-0.2, -0.15) is 9.78 Å². The van der Waals surface area contributed by atoms with E-state index in [1.807, 2.05) is 19.9 Å². The Balaban J connectivity index is 2.22. The fourth-order valence-corrected chi connectivity index (χ4v) is 3.02. The molecule has 8 heteroatoms. The van der Waals surface area contributed by atoms with Crippen molar-refractivity contribution in [1.82, 2.24) is 9.66 Å². The lowest BCUT2D eigenvalue weighted by Gasteiger charge is -2.13. The SMILES string of the molecule is CC[C@@H](C)c1nc2ccc(Br)cc2c(=O)n1N=Cc1ccccc1[N+](=O)[O-]. The third-order valence-electron chi connectivity index (χ3n) is 4.33. The van der Waals surface area contributed by atoms with E-state index in [0.29, 0.717) is 22.3 Å². The first-order valence-corrected chi connectivity index (χ1v) is 9.21. The van der Waals surface area contributed by atoms with Crippen LogP contribution in [-0.2, 0) is 0 Å². The van der Waals surface area contributed by atoms with Crippen LogP contribution < -0.4 is 5.56 Å². The van der Waals surface area contributed by atoms with Crippen molar-refractivity contribution in [2.45, 2.75) is 26.2 Å². The summed E-state index contributed by atoms with van der Waals surface area (Å²) in [7, 11) is 0. The number of hydrogen-bond acceptors (Lipinski definition) is 5. The molecular formula is C19H17BrN4O3. The van der Waals surface area contributed by atoms with Crippen LogP contribution in [0.2, 0.25) is 0 Å². The van der Waals surface area contributed by atoms with Crippen molar-refractivity contribution in [2.24, 2.45) is 5.10 Å². The first-order valence-electron chi connectivity index (χ1n) is 8.42. The Bertz CT molecular complexity index is 1110. The molecule has 0 amide bonds. The van der Waals surface area contributed by atoms with E-state index >= 15 is 0 Å². The number of benzene rings is 2. The molecule has 138 valence electrons. The number of halogens is 1. The molecule has 0 saturated heterocycles. The molecule has 1 atom stereocenters. The highest BCUT2D eigenvalue weighted by molar-refractivity contribution is 9.10. The highest BCUT2D eigenvalue weighted by Gasteiger charge is 2.16. The van der Waals surface area contributed by atoms with E-state index in [1.54, 1.807) is 30.3 Å². The van der Waals surface area contributed by atoms with Gasteiger partial charge in [0.15, 0.2) is 0 Å². The maximum Gasteiger partial charge on any atom is 0.282 e. The van der Waals surface area contributed by atoms with Crippen LogP contribution in [0.25, 0.3) is 10.9 Å². The van der Waals surface area contributed by atoms with Crippen LogP contribution in [0.15, 0.2) is 56.8 Å². The molecule has 0 saturated carbocycles. The van der Waals surface area contributed by atoms with Gasteiger partial charge in [0.25, 0.3) is 11.2 Å². The first kappa shape index (κ1) is 18.9. The second-order valence-corrected chi connectivity index (χ2v) is 7.03. The molecular weight excluding hydrogens is 412 g/mol. The molecule has 0 radical (unpaired) electrons. The number of hydrogen-bond donors (Lipinski definition) is 0. The maximum atomic E-state index is 13.0. The van der Waals surface area contributed by atoms with Gasteiger partial charge >= 0.3 is 0 Å². The smallest absolute Gasteiger partial charge is 0.267 e. The molecule has 1 heterocycles. The van der Waals surface area contributed by atoms with Crippen molar-refractivity contribution in [3.8, 4) is 0 Å². The standard InChI is InChI=1S/C19H17BrN4O3/c1-3-12(2)18-22-16-9-8-14(20)10-15(16)19(25)23(18)21-11-13-6-4-5-7-17(13)24(26)27/h4-12H,3H2,1-2H3/t12-/m1/s1. The van der Waals surface area contributed by atoms with Crippen LogP contribution in [0, 0.1) is 10.1 Å². The van der Waals surface area contributed by atoms with Gasteiger partial charge in [0.2, 0.25) is 0 Å². The Kier molecular flexibility index (Phi) is 5.46. The minimum Gasteiger partial charge on any atom is -0.267 e. The normalized spacial score (nSPS) is 12.6. The zero-order valence-electron chi connectivity index (χ0n) is 14.8. The van der Waals surface area contributed by atoms with Crippen molar-refractivity contribution in [3.05, 3.63) is 78.8 Å². The van der Waals surface area contributed by atoms with Crippen molar-refractivity contribution in [1.29, 1.82) is 0 Å². The van der Waals surface area contributed by atoms with Gasteiger partial charge in [0.1, 0.15) is 5.82 Å². The van der Waals surface area contributed by atoms with E-state index in [9.17, 15) is 14.9 Å². The van der Waals surface area contributed by atoms with Crippen LogP contribution in [0.1, 0.15) is 37.6 Å². The summed E-state index contributed by atoms with van der Waals surface area (Å²) in [4.78, 5) is 28.3. The Morgan fingerprint density at radius 3 is 2.78 bits per heavy atom. The van der Waals surface area contributed by atoms with Gasteiger partial charge in [0.05, 0.1) is 27.6 Å². The number of nitro benzene ring substituents is 1. The third kappa shape index (κ3) is 3.80. The van der Waals surface area contributed by atoms with E-state index in [0.717, 1.165) is 10.9 Å². The molecule has 0 spiro atoms. The summed E-state index contributed by atoms with van der Waals surface area (Å²) >= 11 is 3.36. The van der Waals surface area contributed by atoms with Crippen molar-refractivity contribution >= 4 is 38.7 Å². The van der Waals surface area contributed by atoms with Gasteiger partial charge in [-0.05, 0) is 30.7 Å². The van der Waals surface area contributed by atoms with Gasteiger partial charge in [-0.3, -0.25) is 14.9 Å². The summed E-state index contributed by atoms with van der Waals surface area (Å²) in [5.74, 6) is 0.515. The molecule has 0 bridgehead atoms. The molecule has 0 aliphatic rings. The summed E-state index contributed by atoms with van der Waals surface area (Å²) in [6.07, 6.45) is 2.10. The summed E-state index contributed by atoms with van der Waals surface area (Å²) in [5, 5.41) is 15.9. The van der Waals surface area contributed by atoms with Crippen LogP contribution in [0.3, 0.4) is 0 Å². The summed E-state index contributed by atoms with van der Waals surface area (Å²) in [6.45, 7) is 3.96. The molecule has 27 heavy (non-hydrogen) atoms. The average molecular weight is 429 g/mol. The number of fused-ring (bicyclic) bond motifs is 1. The zero-order valence-corrected chi connectivity index (χ0v) is 16.4. The Morgan fingerprint density at radius 2 is 2.07 bits per heavy atom. The quantitative estimate of drug-likeness (QED) is 0.340. The monoisotopic (exact) mass is 428 g/mol. The molecule has 7 nitrogen and oxygen atoms in total. The van der Waals surface area contributed by atoms with Crippen molar-refractivity contribution in [3.63, 3.8) is 0 Å². The maximum absolute atomic E-state index is 13.0. The van der Waals surface area contributed by atoms with Gasteiger partial charge < -0.3 is 0 Å². The average Bonchev–Trinajstić information content (AvgIpc) is 2.67. The lowest BCUT2D eigenvalue weighted by molar-refractivity contribution is -0.385. The number of nitro groups is 1. The highest BCUT2D eigenvalue weighted by atomic mass is 79.9. The molecule has 2 aromatic carbocycles. The van der Waals surface area contributed by atoms with E-state index in [2.05, 4.69) is 26.0 Å². The number of rotatable bonds is 5. The topological polar surface area (TPSA) is 90.4 Å². The van der Waals surface area contributed by atoms with Crippen LogP contribution in [0.5, 0.6) is 0 Å². The molecule has 3 aromatic rings. The summed E-state index contributed by atoms with van der Waals surface area (Å²) < 4.78 is 2.00.